The Morgan fingerprint density at radius 3 is 2.72 bits per heavy atom. The molecule has 7 nitrogen and oxygen atoms in total. The van der Waals surface area contributed by atoms with Gasteiger partial charge in [0.25, 0.3) is 11.5 Å². The summed E-state index contributed by atoms with van der Waals surface area (Å²) >= 11 is 3.12. The van der Waals surface area contributed by atoms with Crippen LogP contribution in [0, 0.1) is 11.6 Å². The molecule has 0 aliphatic carbocycles. The highest BCUT2D eigenvalue weighted by molar-refractivity contribution is 9.10. The second-order valence-electron chi connectivity index (χ2n) is 6.33. The molecule has 1 unspecified atom stereocenters. The summed E-state index contributed by atoms with van der Waals surface area (Å²) in [5, 5.41) is 11.3. The van der Waals surface area contributed by atoms with Crippen LogP contribution in [0.25, 0.3) is 0 Å². The number of nitrogens with zero attached hydrogens (tertiary/aromatic N) is 1. The molecule has 2 rings (SSSR count). The van der Waals surface area contributed by atoms with Crippen LogP contribution in [0.15, 0.2) is 33.7 Å². The maximum absolute atomic E-state index is 15.0. The number of aliphatic hydroxyl groups is 1. The molecule has 0 fully saturated rings. The third kappa shape index (κ3) is 5.62. The van der Waals surface area contributed by atoms with E-state index in [0.29, 0.717) is 10.9 Å². The van der Waals surface area contributed by atoms with Gasteiger partial charge in [-0.1, -0.05) is 29.3 Å². The first-order chi connectivity index (χ1) is 13.8. The molecule has 0 saturated carbocycles. The second kappa shape index (κ2) is 10.5. The van der Waals surface area contributed by atoms with Crippen molar-refractivity contribution in [3.63, 3.8) is 0 Å². The maximum atomic E-state index is 15.0. The number of carbonyl (C=O) groups excluding carboxylic acids is 1. The Morgan fingerprint density at radius 1 is 1.38 bits per heavy atom. The predicted octanol–water partition coefficient (Wildman–Crippen LogP) is 3.65. The highest BCUT2D eigenvalue weighted by Crippen LogP contribution is 2.27. The van der Waals surface area contributed by atoms with Gasteiger partial charge >= 0.3 is 0 Å². The van der Waals surface area contributed by atoms with Crippen molar-refractivity contribution in [2.24, 2.45) is 0 Å². The number of nitrogens with one attached hydrogen (secondary N) is 2. The molecule has 3 N–H and O–H groups in total. The monoisotopic (exact) mass is 473 g/mol. The maximum Gasteiger partial charge on any atom is 0.289 e. The summed E-state index contributed by atoms with van der Waals surface area (Å²) in [7, 11) is 0. The van der Waals surface area contributed by atoms with Crippen molar-refractivity contribution < 1.29 is 23.5 Å². The minimum Gasteiger partial charge on any atom is -0.394 e. The molecule has 1 aromatic heterocycles. The summed E-state index contributed by atoms with van der Waals surface area (Å²) in [5.74, 6) is -2.77. The number of aliphatic hydroxyl groups excluding tert-OH is 1. The van der Waals surface area contributed by atoms with Gasteiger partial charge in [0, 0.05) is 16.7 Å². The topological polar surface area (TPSA) is 92.6 Å². The largest absolute Gasteiger partial charge is 0.394 e. The number of hydrogen-bond donors (Lipinski definition) is 3. The third-order valence-electron chi connectivity index (χ3n) is 4.15. The Morgan fingerprint density at radius 2 is 2.10 bits per heavy atom. The van der Waals surface area contributed by atoms with Gasteiger partial charge in [0.1, 0.15) is 5.82 Å². The zero-order chi connectivity index (χ0) is 21.6. The van der Waals surface area contributed by atoms with E-state index in [1.54, 1.807) is 6.92 Å². The van der Waals surface area contributed by atoms with E-state index < -0.39 is 28.8 Å². The highest BCUT2D eigenvalue weighted by atomic mass is 79.9. The van der Waals surface area contributed by atoms with Crippen molar-refractivity contribution in [3.05, 3.63) is 56.4 Å². The molecule has 1 atom stereocenters. The van der Waals surface area contributed by atoms with Crippen LogP contribution in [0.1, 0.15) is 43.1 Å². The zero-order valence-electron chi connectivity index (χ0n) is 16.0. The number of hydrogen-bond acceptors (Lipinski definition) is 5. The first-order valence-corrected chi connectivity index (χ1v) is 9.79. The fourth-order valence-corrected chi connectivity index (χ4v) is 3.06. The fraction of sp³-hybridized carbons (Fsp3) is 0.368. The number of aromatic nitrogens is 1. The number of benzene rings is 1. The lowest BCUT2D eigenvalue weighted by Gasteiger charge is -2.19. The van der Waals surface area contributed by atoms with Crippen LogP contribution in [-0.4, -0.2) is 28.8 Å². The van der Waals surface area contributed by atoms with Crippen LogP contribution < -0.4 is 16.4 Å². The smallest absolute Gasteiger partial charge is 0.289 e. The van der Waals surface area contributed by atoms with E-state index in [1.807, 2.05) is 6.92 Å². The third-order valence-corrected chi connectivity index (χ3v) is 4.65. The van der Waals surface area contributed by atoms with Crippen molar-refractivity contribution in [2.75, 3.05) is 18.5 Å². The Bertz CT molecular complexity index is 936. The zero-order valence-corrected chi connectivity index (χ0v) is 17.6. The number of halogens is 3. The quantitative estimate of drug-likeness (QED) is 0.381. The molecule has 0 saturated heterocycles. The SMILES string of the molecule is CCCC(C)n1cc(C(=O)NOCCO)c(Nc2ccc(Br)cc2F)c(F)c1=O. The van der Waals surface area contributed by atoms with Crippen molar-refractivity contribution in [1.29, 1.82) is 0 Å². The second-order valence-corrected chi connectivity index (χ2v) is 7.25. The Hall–Kier alpha value is -2.30. The number of amides is 1. The first-order valence-electron chi connectivity index (χ1n) is 8.99. The van der Waals surface area contributed by atoms with E-state index in [-0.39, 0.29) is 30.5 Å². The van der Waals surface area contributed by atoms with Gasteiger partial charge in [-0.05, 0) is 31.5 Å². The molecule has 0 aliphatic rings. The predicted molar refractivity (Wildman–Crippen MR) is 108 cm³/mol. The summed E-state index contributed by atoms with van der Waals surface area (Å²) in [5.41, 5.74) is 0.310. The molecular weight excluding hydrogens is 452 g/mol. The van der Waals surface area contributed by atoms with E-state index in [0.717, 1.165) is 17.1 Å². The van der Waals surface area contributed by atoms with Crippen LogP contribution in [0.2, 0.25) is 0 Å². The fourth-order valence-electron chi connectivity index (χ4n) is 2.72. The molecule has 0 spiro atoms. The lowest BCUT2D eigenvalue weighted by molar-refractivity contribution is 0.0168. The molecule has 158 valence electrons. The molecule has 2 aromatic rings. The van der Waals surface area contributed by atoms with Crippen molar-refractivity contribution in [2.45, 2.75) is 32.7 Å². The molecule has 0 radical (unpaired) electrons. The van der Waals surface area contributed by atoms with Crippen LogP contribution in [0.5, 0.6) is 0 Å². The summed E-state index contributed by atoms with van der Waals surface area (Å²) in [4.78, 5) is 29.8. The summed E-state index contributed by atoms with van der Waals surface area (Å²) in [6, 6.07) is 3.67. The van der Waals surface area contributed by atoms with Gasteiger partial charge in [-0.2, -0.15) is 4.39 Å². The normalized spacial score (nSPS) is 11.9. The molecule has 1 heterocycles. The summed E-state index contributed by atoms with van der Waals surface area (Å²) < 4.78 is 30.8. The summed E-state index contributed by atoms with van der Waals surface area (Å²) in [6.45, 7) is 3.14. The van der Waals surface area contributed by atoms with Gasteiger partial charge in [0.2, 0.25) is 5.82 Å². The van der Waals surface area contributed by atoms with E-state index in [9.17, 15) is 18.4 Å². The van der Waals surface area contributed by atoms with E-state index in [1.165, 1.54) is 18.3 Å². The van der Waals surface area contributed by atoms with Crippen LogP contribution in [0.3, 0.4) is 0 Å². The van der Waals surface area contributed by atoms with Crippen molar-refractivity contribution >= 4 is 33.2 Å². The standard InChI is InChI=1S/C19H22BrF2N3O4/c1-3-4-11(2)25-10-13(18(27)24-29-8-7-26)17(16(22)19(25)28)23-15-6-5-12(20)9-14(15)21/h5-6,9-11,23,26H,3-4,7-8H2,1-2H3,(H,24,27). The van der Waals surface area contributed by atoms with Gasteiger partial charge in [0.15, 0.2) is 0 Å². The van der Waals surface area contributed by atoms with E-state index >= 15 is 0 Å². The lowest BCUT2D eigenvalue weighted by atomic mass is 10.1. The molecule has 29 heavy (non-hydrogen) atoms. The Balaban J connectivity index is 2.55. The van der Waals surface area contributed by atoms with E-state index in [4.69, 9.17) is 9.94 Å². The molecule has 0 aliphatic heterocycles. The van der Waals surface area contributed by atoms with Crippen LogP contribution >= 0.6 is 15.9 Å². The van der Waals surface area contributed by atoms with Gasteiger partial charge in [-0.3, -0.25) is 14.4 Å². The molecule has 10 heteroatoms. The molecule has 1 aromatic carbocycles. The van der Waals surface area contributed by atoms with Crippen molar-refractivity contribution in [3.8, 4) is 0 Å². The molecule has 1 amide bonds. The minimum atomic E-state index is -1.22. The summed E-state index contributed by atoms with van der Waals surface area (Å²) in [6.07, 6.45) is 2.55. The van der Waals surface area contributed by atoms with Gasteiger partial charge in [0.05, 0.1) is 30.2 Å². The van der Waals surface area contributed by atoms with E-state index in [2.05, 4.69) is 26.7 Å². The Kier molecular flexibility index (Phi) is 8.30. The van der Waals surface area contributed by atoms with Crippen molar-refractivity contribution in [1.82, 2.24) is 10.0 Å². The average molecular weight is 474 g/mol. The highest BCUT2D eigenvalue weighted by Gasteiger charge is 2.23. The average Bonchev–Trinajstić information content (AvgIpc) is 2.67. The van der Waals surface area contributed by atoms with Gasteiger partial charge in [-0.25, -0.2) is 9.87 Å². The number of carbonyl (C=O) groups is 1. The number of anilines is 2. The first kappa shape index (κ1) is 23.0. The molecular formula is C19H22BrF2N3O4. The van der Waals surface area contributed by atoms with Gasteiger partial charge < -0.3 is 15.0 Å². The van der Waals surface area contributed by atoms with Crippen LogP contribution in [-0.2, 0) is 4.84 Å². The van der Waals surface area contributed by atoms with Crippen LogP contribution in [0.4, 0.5) is 20.2 Å². The molecule has 0 bridgehead atoms. The Labute approximate surface area is 174 Å². The number of rotatable bonds is 9. The number of hydroxylamine groups is 1. The number of pyridine rings is 1. The lowest BCUT2D eigenvalue weighted by Crippen LogP contribution is -2.32. The minimum absolute atomic E-state index is 0.115. The van der Waals surface area contributed by atoms with Gasteiger partial charge in [-0.15, -0.1) is 0 Å².